The lowest BCUT2D eigenvalue weighted by Crippen LogP contribution is -2.38. The van der Waals surface area contributed by atoms with E-state index >= 15 is 0 Å². The van der Waals surface area contributed by atoms with Gasteiger partial charge in [-0.1, -0.05) is 19.9 Å². The van der Waals surface area contributed by atoms with E-state index in [2.05, 4.69) is 25.2 Å². The van der Waals surface area contributed by atoms with Gasteiger partial charge in [-0.2, -0.15) is 0 Å². The highest BCUT2D eigenvalue weighted by Crippen LogP contribution is 2.27. The molecule has 0 aliphatic heterocycles. The molecule has 180 valence electrons. The van der Waals surface area contributed by atoms with Crippen LogP contribution in [0.5, 0.6) is 5.75 Å². The predicted molar refractivity (Wildman–Crippen MR) is 135 cm³/mol. The summed E-state index contributed by atoms with van der Waals surface area (Å²) in [7, 11) is 1.63. The van der Waals surface area contributed by atoms with Crippen LogP contribution in [0.15, 0.2) is 48.7 Å². The summed E-state index contributed by atoms with van der Waals surface area (Å²) in [6, 6.07) is 13.7. The van der Waals surface area contributed by atoms with Crippen molar-refractivity contribution in [2.24, 2.45) is 5.92 Å². The molecular weight excluding hydrogens is 428 g/mol. The maximum absolute atomic E-state index is 12.9. The van der Waals surface area contributed by atoms with Crippen LogP contribution in [0, 0.1) is 19.8 Å². The summed E-state index contributed by atoms with van der Waals surface area (Å²) >= 11 is 0. The zero-order valence-corrected chi connectivity index (χ0v) is 20.9. The number of hydrogen-bond acceptors (Lipinski definition) is 4. The van der Waals surface area contributed by atoms with Crippen LogP contribution in [0.3, 0.4) is 0 Å². The van der Waals surface area contributed by atoms with Gasteiger partial charge in [-0.15, -0.1) is 0 Å². The molecule has 0 aliphatic carbocycles. The Bertz CT molecular complexity index is 1150. The van der Waals surface area contributed by atoms with Gasteiger partial charge in [-0.3, -0.25) is 19.5 Å². The average molecular weight is 463 g/mol. The summed E-state index contributed by atoms with van der Waals surface area (Å²) in [6.45, 7) is 10.4. The largest absolute Gasteiger partial charge is 0.497 e. The van der Waals surface area contributed by atoms with Gasteiger partial charge >= 0.3 is 0 Å². The van der Waals surface area contributed by atoms with Crippen LogP contribution < -0.4 is 10.1 Å². The molecule has 0 bridgehead atoms. The summed E-state index contributed by atoms with van der Waals surface area (Å²) in [4.78, 5) is 31.7. The van der Waals surface area contributed by atoms with Gasteiger partial charge in [0.05, 0.1) is 19.3 Å². The number of ether oxygens (including phenoxy) is 1. The number of carbonyl (C=O) groups is 2. The first kappa shape index (κ1) is 25.0. The fraction of sp³-hybridized carbons (Fsp3) is 0.370. The van der Waals surface area contributed by atoms with Crippen LogP contribution in [-0.4, -0.2) is 46.5 Å². The number of imidazole rings is 1. The third kappa shape index (κ3) is 6.04. The molecule has 0 atom stereocenters. The van der Waals surface area contributed by atoms with Gasteiger partial charge in [0.15, 0.2) is 0 Å². The number of methoxy groups -OCH3 is 1. The minimum Gasteiger partial charge on any atom is -0.497 e. The highest BCUT2D eigenvalue weighted by atomic mass is 16.5. The van der Waals surface area contributed by atoms with E-state index in [1.807, 2.05) is 67.9 Å². The van der Waals surface area contributed by atoms with Gasteiger partial charge in [0, 0.05) is 30.4 Å². The molecule has 0 radical (unpaired) electrons. The summed E-state index contributed by atoms with van der Waals surface area (Å²) < 4.78 is 7.13. The van der Waals surface area contributed by atoms with Gasteiger partial charge < -0.3 is 9.64 Å². The van der Waals surface area contributed by atoms with Crippen molar-refractivity contribution >= 4 is 17.8 Å². The SMILES string of the molecule is CCN(CC(=O)Nc1nc(-c2ccc(OC)cc2)cn1-c1ccc(C)c(C)c1)C(=O)CC(C)C. The van der Waals surface area contributed by atoms with Crippen molar-refractivity contribution in [1.82, 2.24) is 14.5 Å². The Kier molecular flexibility index (Phi) is 8.10. The lowest BCUT2D eigenvalue weighted by atomic mass is 10.1. The molecular formula is C27H34N4O3. The van der Waals surface area contributed by atoms with Crippen molar-refractivity contribution in [1.29, 1.82) is 0 Å². The van der Waals surface area contributed by atoms with E-state index < -0.39 is 0 Å². The van der Waals surface area contributed by atoms with Crippen molar-refractivity contribution in [3.63, 3.8) is 0 Å². The molecule has 0 spiro atoms. The molecule has 1 N–H and O–H groups in total. The zero-order chi connectivity index (χ0) is 24.8. The number of hydrogen-bond donors (Lipinski definition) is 1. The Hall–Kier alpha value is -3.61. The van der Waals surface area contributed by atoms with E-state index in [0.29, 0.717) is 18.9 Å². The van der Waals surface area contributed by atoms with Crippen LogP contribution in [-0.2, 0) is 9.59 Å². The first-order valence-electron chi connectivity index (χ1n) is 11.6. The number of rotatable bonds is 9. The Morgan fingerprint density at radius 1 is 1.09 bits per heavy atom. The van der Waals surface area contributed by atoms with Crippen LogP contribution >= 0.6 is 0 Å². The summed E-state index contributed by atoms with van der Waals surface area (Å²) in [5.74, 6) is 1.10. The predicted octanol–water partition coefficient (Wildman–Crippen LogP) is 5.00. The topological polar surface area (TPSA) is 76.5 Å². The van der Waals surface area contributed by atoms with Crippen molar-refractivity contribution in [2.45, 2.75) is 41.0 Å². The maximum Gasteiger partial charge on any atom is 0.246 e. The van der Waals surface area contributed by atoms with Crippen molar-refractivity contribution in [2.75, 3.05) is 25.5 Å². The number of carbonyl (C=O) groups excluding carboxylic acids is 2. The van der Waals surface area contributed by atoms with Gasteiger partial charge in [-0.25, -0.2) is 4.98 Å². The number of aryl methyl sites for hydroxylation is 2. The molecule has 0 unspecified atom stereocenters. The molecule has 0 aliphatic rings. The number of nitrogens with one attached hydrogen (secondary N) is 1. The minimum absolute atomic E-state index is 0.0142. The van der Waals surface area contributed by atoms with Gasteiger partial charge in [-0.05, 0) is 74.2 Å². The molecule has 3 rings (SSSR count). The summed E-state index contributed by atoms with van der Waals surface area (Å²) in [5, 5.41) is 2.92. The second kappa shape index (κ2) is 11.0. The number of aromatic nitrogens is 2. The molecule has 3 aromatic rings. The average Bonchev–Trinajstić information content (AvgIpc) is 3.22. The molecule has 2 aromatic carbocycles. The van der Waals surface area contributed by atoms with E-state index in [-0.39, 0.29) is 24.3 Å². The Labute approximate surface area is 201 Å². The number of nitrogens with zero attached hydrogens (tertiary/aromatic N) is 3. The van der Waals surface area contributed by atoms with Crippen LogP contribution in [0.1, 0.15) is 38.3 Å². The molecule has 34 heavy (non-hydrogen) atoms. The number of benzene rings is 2. The second-order valence-electron chi connectivity index (χ2n) is 8.87. The van der Waals surface area contributed by atoms with E-state index in [4.69, 9.17) is 9.72 Å². The highest BCUT2D eigenvalue weighted by molar-refractivity contribution is 5.94. The van der Waals surface area contributed by atoms with E-state index in [1.165, 1.54) is 5.56 Å². The van der Waals surface area contributed by atoms with Crippen molar-refractivity contribution in [3.8, 4) is 22.7 Å². The molecule has 7 nitrogen and oxygen atoms in total. The van der Waals surface area contributed by atoms with Crippen LogP contribution in [0.2, 0.25) is 0 Å². The fourth-order valence-electron chi connectivity index (χ4n) is 3.63. The molecule has 2 amide bonds. The van der Waals surface area contributed by atoms with Crippen LogP contribution in [0.4, 0.5) is 5.95 Å². The van der Waals surface area contributed by atoms with Gasteiger partial charge in [0.1, 0.15) is 5.75 Å². The third-order valence-corrected chi connectivity index (χ3v) is 5.76. The smallest absolute Gasteiger partial charge is 0.246 e. The van der Waals surface area contributed by atoms with E-state index in [1.54, 1.807) is 12.0 Å². The highest BCUT2D eigenvalue weighted by Gasteiger charge is 2.19. The van der Waals surface area contributed by atoms with Gasteiger partial charge in [0.2, 0.25) is 17.8 Å². The molecule has 7 heteroatoms. The second-order valence-corrected chi connectivity index (χ2v) is 8.87. The summed E-state index contributed by atoms with van der Waals surface area (Å²) in [6.07, 6.45) is 2.32. The van der Waals surface area contributed by atoms with Gasteiger partial charge in [0.25, 0.3) is 0 Å². The molecule has 1 aromatic heterocycles. The molecule has 0 saturated heterocycles. The fourth-order valence-corrected chi connectivity index (χ4v) is 3.63. The first-order chi connectivity index (χ1) is 16.2. The lowest BCUT2D eigenvalue weighted by molar-refractivity contribution is -0.135. The Balaban J connectivity index is 1.92. The van der Waals surface area contributed by atoms with E-state index in [0.717, 1.165) is 28.3 Å². The third-order valence-electron chi connectivity index (χ3n) is 5.76. The quantitative estimate of drug-likeness (QED) is 0.486. The number of anilines is 1. The molecule has 0 saturated carbocycles. The van der Waals surface area contributed by atoms with E-state index in [9.17, 15) is 9.59 Å². The first-order valence-corrected chi connectivity index (χ1v) is 11.6. The monoisotopic (exact) mass is 462 g/mol. The minimum atomic E-state index is -0.282. The van der Waals surface area contributed by atoms with Crippen LogP contribution in [0.25, 0.3) is 16.9 Å². The maximum atomic E-state index is 12.9. The molecule has 1 heterocycles. The standard InChI is InChI=1S/C27H34N4O3/c1-7-30(26(33)14-18(2)3)17-25(32)29-27-28-24(21-9-12-23(34-6)13-10-21)16-31(27)22-11-8-19(4)20(5)15-22/h8-13,15-16,18H,7,14,17H2,1-6H3,(H,28,29,32). The van der Waals surface area contributed by atoms with Crippen molar-refractivity contribution < 1.29 is 14.3 Å². The van der Waals surface area contributed by atoms with Crippen molar-refractivity contribution in [3.05, 3.63) is 59.8 Å². The number of amides is 2. The molecule has 0 fully saturated rings. The normalized spacial score (nSPS) is 10.9. The summed E-state index contributed by atoms with van der Waals surface area (Å²) in [5.41, 5.74) is 4.85. The lowest BCUT2D eigenvalue weighted by Gasteiger charge is -2.21. The number of likely N-dealkylation sites (N-methyl/N-ethyl adjacent to an activating group) is 1. The Morgan fingerprint density at radius 2 is 1.79 bits per heavy atom. The Morgan fingerprint density at radius 3 is 2.38 bits per heavy atom. The zero-order valence-electron chi connectivity index (χ0n) is 20.9.